The minimum Gasteiger partial charge on any atom is -0.496 e. The molecule has 0 heterocycles. The quantitative estimate of drug-likeness (QED) is 0.882. The van der Waals surface area contributed by atoms with Gasteiger partial charge in [-0.3, -0.25) is 0 Å². The average molecular weight is 273 g/mol. The first kappa shape index (κ1) is 14.5. The number of hydrogen-bond donors (Lipinski definition) is 1. The van der Waals surface area contributed by atoms with Crippen molar-refractivity contribution in [2.75, 3.05) is 13.7 Å². The molecule has 106 valence electrons. The van der Waals surface area contributed by atoms with Crippen molar-refractivity contribution in [2.24, 2.45) is 0 Å². The number of rotatable bonds is 5. The van der Waals surface area contributed by atoms with E-state index in [9.17, 15) is 4.39 Å². The highest BCUT2D eigenvalue weighted by molar-refractivity contribution is 5.74. The van der Waals surface area contributed by atoms with E-state index >= 15 is 0 Å². The molecule has 2 rings (SSSR count). The summed E-state index contributed by atoms with van der Waals surface area (Å²) in [5.74, 6) is 0.515. The Morgan fingerprint density at radius 1 is 1.15 bits per heavy atom. The molecule has 1 unspecified atom stereocenters. The van der Waals surface area contributed by atoms with Crippen LogP contribution >= 0.6 is 0 Å². The second kappa shape index (κ2) is 6.53. The van der Waals surface area contributed by atoms with Crippen LogP contribution in [0.3, 0.4) is 0 Å². The first-order valence-corrected chi connectivity index (χ1v) is 6.83. The molecule has 3 heteroatoms. The van der Waals surface area contributed by atoms with Crippen molar-refractivity contribution in [3.63, 3.8) is 0 Å². The summed E-state index contributed by atoms with van der Waals surface area (Å²) in [7, 11) is 1.63. The molecule has 0 radical (unpaired) electrons. The molecule has 0 fully saturated rings. The Hall–Kier alpha value is -1.87. The van der Waals surface area contributed by atoms with Gasteiger partial charge in [0.25, 0.3) is 0 Å². The van der Waals surface area contributed by atoms with Crippen LogP contribution in [0.25, 0.3) is 11.1 Å². The van der Waals surface area contributed by atoms with Gasteiger partial charge in [-0.05, 0) is 42.8 Å². The molecule has 2 aromatic rings. The summed E-state index contributed by atoms with van der Waals surface area (Å²) in [6, 6.07) is 12.8. The second-order valence-electron chi connectivity index (χ2n) is 4.71. The van der Waals surface area contributed by atoms with E-state index in [0.29, 0.717) is 0 Å². The van der Waals surface area contributed by atoms with Gasteiger partial charge in [-0.15, -0.1) is 0 Å². The van der Waals surface area contributed by atoms with Gasteiger partial charge in [-0.25, -0.2) is 4.39 Å². The van der Waals surface area contributed by atoms with E-state index in [0.717, 1.165) is 29.0 Å². The predicted molar refractivity (Wildman–Crippen MR) is 80.5 cm³/mol. The van der Waals surface area contributed by atoms with Gasteiger partial charge in [0.1, 0.15) is 11.6 Å². The van der Waals surface area contributed by atoms with Crippen LogP contribution in [0.1, 0.15) is 25.5 Å². The molecule has 0 aliphatic rings. The fourth-order valence-corrected chi connectivity index (χ4v) is 2.42. The SMILES string of the molecule is CCNC(C)c1ccc(F)cc1-c1ccccc1OC. The fourth-order valence-electron chi connectivity index (χ4n) is 2.42. The van der Waals surface area contributed by atoms with Crippen LogP contribution in [0.15, 0.2) is 42.5 Å². The van der Waals surface area contributed by atoms with Crippen molar-refractivity contribution >= 4 is 0 Å². The molecule has 0 aromatic heterocycles. The van der Waals surface area contributed by atoms with Gasteiger partial charge in [-0.2, -0.15) is 0 Å². The molecule has 0 saturated heterocycles. The summed E-state index contributed by atoms with van der Waals surface area (Å²) in [4.78, 5) is 0. The maximum Gasteiger partial charge on any atom is 0.126 e. The molecule has 1 N–H and O–H groups in total. The number of nitrogens with one attached hydrogen (secondary N) is 1. The number of halogens is 1. The maximum absolute atomic E-state index is 13.7. The van der Waals surface area contributed by atoms with Gasteiger partial charge in [0, 0.05) is 11.6 Å². The Labute approximate surface area is 119 Å². The van der Waals surface area contributed by atoms with Crippen molar-refractivity contribution in [1.82, 2.24) is 5.32 Å². The summed E-state index contributed by atoms with van der Waals surface area (Å²) in [6.45, 7) is 5.00. The fraction of sp³-hybridized carbons (Fsp3) is 0.294. The number of para-hydroxylation sites is 1. The molecule has 0 aliphatic heterocycles. The zero-order chi connectivity index (χ0) is 14.5. The molecular formula is C17H20FNO. The van der Waals surface area contributed by atoms with Crippen molar-refractivity contribution in [1.29, 1.82) is 0 Å². The van der Waals surface area contributed by atoms with Crippen LogP contribution in [0, 0.1) is 5.82 Å². The first-order chi connectivity index (χ1) is 9.67. The summed E-state index contributed by atoms with van der Waals surface area (Å²) in [6.07, 6.45) is 0. The Morgan fingerprint density at radius 3 is 2.60 bits per heavy atom. The Kier molecular flexibility index (Phi) is 4.74. The Balaban J connectivity index is 2.57. The maximum atomic E-state index is 13.7. The highest BCUT2D eigenvalue weighted by Crippen LogP contribution is 2.35. The third-order valence-corrected chi connectivity index (χ3v) is 3.39. The lowest BCUT2D eigenvalue weighted by molar-refractivity contribution is 0.416. The van der Waals surface area contributed by atoms with E-state index in [1.165, 1.54) is 6.07 Å². The van der Waals surface area contributed by atoms with Gasteiger partial charge < -0.3 is 10.1 Å². The van der Waals surface area contributed by atoms with Gasteiger partial charge in [-0.1, -0.05) is 31.2 Å². The lowest BCUT2D eigenvalue weighted by atomic mass is 9.94. The summed E-state index contributed by atoms with van der Waals surface area (Å²) < 4.78 is 19.0. The highest BCUT2D eigenvalue weighted by atomic mass is 19.1. The van der Waals surface area contributed by atoms with E-state index in [2.05, 4.69) is 19.2 Å². The average Bonchev–Trinajstić information content (AvgIpc) is 2.47. The summed E-state index contributed by atoms with van der Waals surface area (Å²) in [5, 5.41) is 3.37. The number of methoxy groups -OCH3 is 1. The zero-order valence-electron chi connectivity index (χ0n) is 12.1. The second-order valence-corrected chi connectivity index (χ2v) is 4.71. The van der Waals surface area contributed by atoms with Gasteiger partial charge in [0.15, 0.2) is 0 Å². The number of ether oxygens (including phenoxy) is 1. The third kappa shape index (κ3) is 2.99. The van der Waals surface area contributed by atoms with Crippen LogP contribution in [0.4, 0.5) is 4.39 Å². The van der Waals surface area contributed by atoms with E-state index < -0.39 is 0 Å². The third-order valence-electron chi connectivity index (χ3n) is 3.39. The van der Waals surface area contributed by atoms with E-state index in [-0.39, 0.29) is 11.9 Å². The monoisotopic (exact) mass is 273 g/mol. The topological polar surface area (TPSA) is 21.3 Å². The molecular weight excluding hydrogens is 253 g/mol. The van der Waals surface area contributed by atoms with Gasteiger partial charge in [0.2, 0.25) is 0 Å². The summed E-state index contributed by atoms with van der Waals surface area (Å²) in [5.41, 5.74) is 2.85. The zero-order valence-corrected chi connectivity index (χ0v) is 12.1. The van der Waals surface area contributed by atoms with Gasteiger partial charge in [0.05, 0.1) is 7.11 Å². The van der Waals surface area contributed by atoms with Crippen molar-refractivity contribution in [2.45, 2.75) is 19.9 Å². The Bertz CT molecular complexity index is 583. The number of hydrogen-bond acceptors (Lipinski definition) is 2. The van der Waals surface area contributed by atoms with Crippen LogP contribution in [0.5, 0.6) is 5.75 Å². The predicted octanol–water partition coefficient (Wildman–Crippen LogP) is 4.17. The van der Waals surface area contributed by atoms with Crippen molar-refractivity contribution in [3.8, 4) is 16.9 Å². The normalized spacial score (nSPS) is 12.2. The van der Waals surface area contributed by atoms with Crippen LogP contribution in [-0.2, 0) is 0 Å². The van der Waals surface area contributed by atoms with Gasteiger partial charge >= 0.3 is 0 Å². The standard InChI is InChI=1S/C17H20FNO/c1-4-19-12(2)14-10-9-13(18)11-16(14)15-7-5-6-8-17(15)20-3/h5-12,19H,4H2,1-3H3. The van der Waals surface area contributed by atoms with Crippen LogP contribution in [-0.4, -0.2) is 13.7 Å². The molecule has 1 atom stereocenters. The minimum atomic E-state index is -0.238. The molecule has 20 heavy (non-hydrogen) atoms. The number of benzene rings is 2. The molecule has 2 aromatic carbocycles. The molecule has 0 aliphatic carbocycles. The van der Waals surface area contributed by atoms with Crippen LogP contribution < -0.4 is 10.1 Å². The molecule has 2 nitrogen and oxygen atoms in total. The highest BCUT2D eigenvalue weighted by Gasteiger charge is 2.15. The van der Waals surface area contributed by atoms with E-state index in [1.54, 1.807) is 13.2 Å². The minimum absolute atomic E-state index is 0.153. The molecule has 0 spiro atoms. The molecule has 0 amide bonds. The van der Waals surface area contributed by atoms with Crippen molar-refractivity contribution < 1.29 is 9.13 Å². The first-order valence-electron chi connectivity index (χ1n) is 6.83. The lowest BCUT2D eigenvalue weighted by Crippen LogP contribution is -2.18. The van der Waals surface area contributed by atoms with Crippen LogP contribution in [0.2, 0.25) is 0 Å². The van der Waals surface area contributed by atoms with E-state index in [4.69, 9.17) is 4.74 Å². The Morgan fingerprint density at radius 2 is 1.90 bits per heavy atom. The van der Waals surface area contributed by atoms with E-state index in [1.807, 2.05) is 30.3 Å². The summed E-state index contributed by atoms with van der Waals surface area (Å²) >= 11 is 0. The largest absolute Gasteiger partial charge is 0.496 e. The lowest BCUT2D eigenvalue weighted by Gasteiger charge is -2.19. The van der Waals surface area contributed by atoms with Crippen molar-refractivity contribution in [3.05, 3.63) is 53.8 Å². The molecule has 0 saturated carbocycles. The smallest absolute Gasteiger partial charge is 0.126 e. The molecule has 0 bridgehead atoms.